The van der Waals surface area contributed by atoms with Crippen molar-refractivity contribution in [3.8, 4) is 0 Å². The lowest BCUT2D eigenvalue weighted by Gasteiger charge is -2.21. The molecule has 3 rings (SSSR count). The van der Waals surface area contributed by atoms with Crippen molar-refractivity contribution in [2.24, 2.45) is 0 Å². The number of rotatable bonds is 8. The van der Waals surface area contributed by atoms with Crippen LogP contribution in [0.3, 0.4) is 0 Å². The third-order valence-electron chi connectivity index (χ3n) is 5.04. The number of amides is 1. The minimum absolute atomic E-state index is 0.122. The van der Waals surface area contributed by atoms with E-state index < -0.39 is 0 Å². The molecular weight excluding hydrogens is 388 g/mol. The van der Waals surface area contributed by atoms with Crippen LogP contribution in [0, 0.1) is 0 Å². The largest absolute Gasteiger partial charge is 0.462 e. The Morgan fingerprint density at radius 1 is 1.14 bits per heavy atom. The maximum absolute atomic E-state index is 12.3. The molecule has 0 spiro atoms. The predicted octanol–water partition coefficient (Wildman–Crippen LogP) is 4.25. The zero-order chi connectivity index (χ0) is 20.6. The lowest BCUT2D eigenvalue weighted by molar-refractivity contribution is -0.113. The number of carbonyl (C=O) groups is 2. The molecule has 29 heavy (non-hydrogen) atoms. The summed E-state index contributed by atoms with van der Waals surface area (Å²) in [5, 5.41) is 12.4. The second-order valence-electron chi connectivity index (χ2n) is 7.05. The molecule has 7 nitrogen and oxygen atoms in total. The topological polar surface area (TPSA) is 86.1 Å². The van der Waals surface area contributed by atoms with Crippen molar-refractivity contribution < 1.29 is 14.3 Å². The molecule has 1 aromatic heterocycles. The molecule has 1 aliphatic rings. The molecule has 0 saturated heterocycles. The average Bonchev–Trinajstić information content (AvgIpc) is 3.16. The zero-order valence-corrected chi connectivity index (χ0v) is 17.8. The maximum Gasteiger partial charge on any atom is 0.338 e. The molecule has 156 valence electrons. The molecule has 0 radical (unpaired) electrons. The summed E-state index contributed by atoms with van der Waals surface area (Å²) in [4.78, 5) is 24.0. The number of thioether (sulfide) groups is 1. The molecule has 0 bridgehead atoms. The van der Waals surface area contributed by atoms with Crippen LogP contribution < -0.4 is 5.32 Å². The van der Waals surface area contributed by atoms with E-state index in [-0.39, 0.29) is 17.6 Å². The van der Waals surface area contributed by atoms with Gasteiger partial charge in [0.1, 0.15) is 5.82 Å². The number of carbonyl (C=O) groups excluding carboxylic acids is 2. The molecule has 1 heterocycles. The highest BCUT2D eigenvalue weighted by Gasteiger charge is 2.23. The Labute approximate surface area is 175 Å². The Balaban J connectivity index is 1.55. The minimum atomic E-state index is -0.367. The van der Waals surface area contributed by atoms with Crippen LogP contribution in [-0.4, -0.2) is 39.0 Å². The van der Waals surface area contributed by atoms with E-state index in [2.05, 4.69) is 27.0 Å². The van der Waals surface area contributed by atoms with Gasteiger partial charge < -0.3 is 14.6 Å². The van der Waals surface area contributed by atoms with Gasteiger partial charge in [0.15, 0.2) is 5.16 Å². The van der Waals surface area contributed by atoms with Crippen molar-refractivity contribution in [1.82, 2.24) is 14.8 Å². The molecule has 1 N–H and O–H groups in total. The zero-order valence-electron chi connectivity index (χ0n) is 17.0. The number of esters is 1. The third-order valence-corrected chi connectivity index (χ3v) is 6.01. The third kappa shape index (κ3) is 5.59. The molecule has 0 atom stereocenters. The summed E-state index contributed by atoms with van der Waals surface area (Å²) in [6, 6.07) is 6.69. The van der Waals surface area contributed by atoms with Gasteiger partial charge in [-0.3, -0.25) is 4.79 Å². The van der Waals surface area contributed by atoms with Gasteiger partial charge in [-0.25, -0.2) is 4.79 Å². The average molecular weight is 417 g/mol. The van der Waals surface area contributed by atoms with Gasteiger partial charge in [-0.05, 0) is 51.0 Å². The summed E-state index contributed by atoms with van der Waals surface area (Å²) in [5.41, 5.74) is 1.11. The number of ether oxygens (including phenoxy) is 1. The Morgan fingerprint density at radius 3 is 2.52 bits per heavy atom. The lowest BCUT2D eigenvalue weighted by atomic mass is 9.89. The van der Waals surface area contributed by atoms with E-state index in [1.165, 1.54) is 43.9 Å². The number of nitrogens with zero attached hydrogens (tertiary/aromatic N) is 3. The Hall–Kier alpha value is -2.35. The molecule has 8 heteroatoms. The van der Waals surface area contributed by atoms with Crippen molar-refractivity contribution in [2.45, 2.75) is 63.6 Å². The number of nitrogens with one attached hydrogen (secondary N) is 1. The van der Waals surface area contributed by atoms with Crippen molar-refractivity contribution in [1.29, 1.82) is 0 Å². The first kappa shape index (κ1) is 21.4. The van der Waals surface area contributed by atoms with Crippen molar-refractivity contribution in [3.05, 3.63) is 35.7 Å². The van der Waals surface area contributed by atoms with E-state index in [1.54, 1.807) is 31.2 Å². The van der Waals surface area contributed by atoms with Gasteiger partial charge in [0, 0.05) is 18.2 Å². The smallest absolute Gasteiger partial charge is 0.338 e. The molecule has 1 aromatic carbocycles. The summed E-state index contributed by atoms with van der Waals surface area (Å²) in [5.74, 6) is 1.31. The van der Waals surface area contributed by atoms with E-state index in [0.29, 0.717) is 23.8 Å². The van der Waals surface area contributed by atoms with Gasteiger partial charge in [-0.2, -0.15) is 0 Å². The first-order valence-corrected chi connectivity index (χ1v) is 11.2. The fraction of sp³-hybridized carbons (Fsp3) is 0.524. The second kappa shape index (κ2) is 10.4. The lowest BCUT2D eigenvalue weighted by Crippen LogP contribution is -2.15. The molecule has 0 unspecified atom stereocenters. The summed E-state index contributed by atoms with van der Waals surface area (Å²) < 4.78 is 7.10. The highest BCUT2D eigenvalue weighted by molar-refractivity contribution is 7.99. The molecule has 2 aromatic rings. The SMILES string of the molecule is CCOC(=O)c1ccc(NC(=O)CSc2nnc(C3CCCCC3)n2CC)cc1. The number of aromatic nitrogens is 3. The summed E-state index contributed by atoms with van der Waals surface area (Å²) in [7, 11) is 0. The first-order valence-electron chi connectivity index (χ1n) is 10.2. The monoisotopic (exact) mass is 416 g/mol. The van der Waals surface area contributed by atoms with Crippen LogP contribution in [0.5, 0.6) is 0 Å². The fourth-order valence-electron chi connectivity index (χ4n) is 3.60. The molecule has 1 saturated carbocycles. The first-order chi connectivity index (χ1) is 14.1. The van der Waals surface area contributed by atoms with Crippen LogP contribution >= 0.6 is 11.8 Å². The number of benzene rings is 1. The maximum atomic E-state index is 12.3. The van der Waals surface area contributed by atoms with E-state index in [0.717, 1.165) is 17.5 Å². The van der Waals surface area contributed by atoms with Gasteiger partial charge in [-0.15, -0.1) is 10.2 Å². The number of hydrogen-bond acceptors (Lipinski definition) is 6. The molecule has 1 amide bonds. The van der Waals surface area contributed by atoms with Crippen molar-refractivity contribution in [2.75, 3.05) is 17.7 Å². The Bertz CT molecular complexity index is 829. The van der Waals surface area contributed by atoms with Crippen molar-refractivity contribution in [3.63, 3.8) is 0 Å². The van der Waals surface area contributed by atoms with Gasteiger partial charge in [0.05, 0.1) is 17.9 Å². The summed E-state index contributed by atoms with van der Waals surface area (Å²) >= 11 is 1.40. The molecule has 1 aliphatic carbocycles. The molecule has 1 fully saturated rings. The van der Waals surface area contributed by atoms with Crippen LogP contribution in [-0.2, 0) is 16.1 Å². The standard InChI is InChI=1S/C21H28N4O3S/c1-3-25-19(15-8-6-5-7-9-15)23-24-21(25)29-14-18(26)22-17-12-10-16(11-13-17)20(27)28-4-2/h10-13,15H,3-9,14H2,1-2H3,(H,22,26). The second-order valence-corrected chi connectivity index (χ2v) is 8.00. The van der Waals surface area contributed by atoms with E-state index in [1.807, 2.05) is 0 Å². The van der Waals surface area contributed by atoms with Crippen LogP contribution in [0.25, 0.3) is 0 Å². The molecular formula is C21H28N4O3S. The normalized spacial score (nSPS) is 14.6. The van der Waals surface area contributed by atoms with Gasteiger partial charge in [-0.1, -0.05) is 31.0 Å². The Kier molecular flexibility index (Phi) is 7.69. The number of hydrogen-bond donors (Lipinski definition) is 1. The van der Waals surface area contributed by atoms with E-state index in [9.17, 15) is 9.59 Å². The van der Waals surface area contributed by atoms with Crippen LogP contribution in [0.1, 0.15) is 68.1 Å². The van der Waals surface area contributed by atoms with E-state index >= 15 is 0 Å². The minimum Gasteiger partial charge on any atom is -0.462 e. The molecule has 0 aliphatic heterocycles. The number of anilines is 1. The summed E-state index contributed by atoms with van der Waals surface area (Å²) in [6.45, 7) is 4.99. The van der Waals surface area contributed by atoms with Gasteiger partial charge >= 0.3 is 5.97 Å². The predicted molar refractivity (Wildman–Crippen MR) is 113 cm³/mol. The van der Waals surface area contributed by atoms with Crippen LogP contribution in [0.15, 0.2) is 29.4 Å². The highest BCUT2D eigenvalue weighted by atomic mass is 32.2. The van der Waals surface area contributed by atoms with Gasteiger partial charge in [0.25, 0.3) is 0 Å². The van der Waals surface area contributed by atoms with Crippen LogP contribution in [0.2, 0.25) is 0 Å². The van der Waals surface area contributed by atoms with Crippen LogP contribution in [0.4, 0.5) is 5.69 Å². The fourth-order valence-corrected chi connectivity index (χ4v) is 4.41. The Morgan fingerprint density at radius 2 is 1.86 bits per heavy atom. The van der Waals surface area contributed by atoms with Crippen molar-refractivity contribution >= 4 is 29.3 Å². The highest BCUT2D eigenvalue weighted by Crippen LogP contribution is 2.33. The quantitative estimate of drug-likeness (QED) is 0.511. The van der Waals surface area contributed by atoms with Gasteiger partial charge in [0.2, 0.25) is 5.91 Å². The summed E-state index contributed by atoms with van der Waals surface area (Å²) in [6.07, 6.45) is 6.15. The van der Waals surface area contributed by atoms with E-state index in [4.69, 9.17) is 4.74 Å².